The average molecular weight is 357 g/mol. The van der Waals surface area contributed by atoms with Crippen LogP contribution in [0, 0.1) is 11.7 Å². The van der Waals surface area contributed by atoms with E-state index >= 15 is 0 Å². The first kappa shape index (κ1) is 18.7. The van der Waals surface area contributed by atoms with Crippen LogP contribution in [0.1, 0.15) is 26.7 Å². The van der Waals surface area contributed by atoms with Gasteiger partial charge in [-0.15, -0.1) is 0 Å². The zero-order chi connectivity index (χ0) is 17.7. The first-order chi connectivity index (χ1) is 11.3. The highest BCUT2D eigenvalue weighted by Crippen LogP contribution is 2.20. The summed E-state index contributed by atoms with van der Waals surface area (Å²) in [5.74, 6) is -0.632. The van der Waals surface area contributed by atoms with Crippen molar-refractivity contribution in [3.63, 3.8) is 0 Å². The van der Waals surface area contributed by atoms with Gasteiger partial charge in [0.15, 0.2) is 28.0 Å². The summed E-state index contributed by atoms with van der Waals surface area (Å²) in [6, 6.07) is 5.88. The number of piperidine rings is 1. The number of carbonyl (C=O) groups excluding carboxylic acids is 1. The van der Waals surface area contributed by atoms with Crippen LogP contribution in [0.3, 0.4) is 0 Å². The van der Waals surface area contributed by atoms with E-state index in [1.54, 1.807) is 12.1 Å². The van der Waals surface area contributed by atoms with Gasteiger partial charge < -0.3 is 9.64 Å². The Kier molecular flexibility index (Phi) is 6.21. The number of ether oxygens (including phenoxy) is 1. The number of rotatable bonds is 6. The maximum Gasteiger partial charge on any atom is 0.260 e. The van der Waals surface area contributed by atoms with Gasteiger partial charge in [-0.05, 0) is 30.9 Å². The molecule has 134 valence electrons. The number of para-hydroxylation sites is 1. The fourth-order valence-electron chi connectivity index (χ4n) is 2.85. The third kappa shape index (κ3) is 4.93. The number of benzene rings is 1. The Morgan fingerprint density at radius 2 is 2.08 bits per heavy atom. The number of halogens is 1. The van der Waals surface area contributed by atoms with Crippen LogP contribution in [0.5, 0.6) is 5.75 Å². The maximum absolute atomic E-state index is 13.5. The second-order valence-corrected chi connectivity index (χ2v) is 8.87. The highest BCUT2D eigenvalue weighted by molar-refractivity contribution is 7.92. The van der Waals surface area contributed by atoms with Gasteiger partial charge in [0.05, 0.1) is 11.0 Å². The fourth-order valence-corrected chi connectivity index (χ4v) is 4.99. The van der Waals surface area contributed by atoms with Gasteiger partial charge in [0, 0.05) is 13.1 Å². The van der Waals surface area contributed by atoms with Crippen molar-refractivity contribution < 1.29 is 22.3 Å². The van der Waals surface area contributed by atoms with E-state index < -0.39 is 20.9 Å². The van der Waals surface area contributed by atoms with Gasteiger partial charge in [-0.25, -0.2) is 12.8 Å². The van der Waals surface area contributed by atoms with Crippen molar-refractivity contribution in [1.29, 1.82) is 0 Å². The van der Waals surface area contributed by atoms with Crippen molar-refractivity contribution in [3.8, 4) is 5.75 Å². The Balaban J connectivity index is 1.94. The SMILES string of the molecule is CC(C)CS(=O)(=O)[C@H]1CCCN(C(=O)COc2ccccc2F)C1. The zero-order valence-corrected chi connectivity index (χ0v) is 14.9. The second kappa shape index (κ2) is 7.96. The number of likely N-dealkylation sites (tertiary alicyclic amines) is 1. The molecular weight excluding hydrogens is 333 g/mol. The van der Waals surface area contributed by atoms with Gasteiger partial charge in [0.1, 0.15) is 0 Å². The van der Waals surface area contributed by atoms with E-state index in [-0.39, 0.29) is 36.5 Å². The lowest BCUT2D eigenvalue weighted by atomic mass is 10.1. The van der Waals surface area contributed by atoms with Gasteiger partial charge in [0.25, 0.3) is 5.91 Å². The summed E-state index contributed by atoms with van der Waals surface area (Å²) in [7, 11) is -3.22. The molecule has 0 aromatic heterocycles. The average Bonchev–Trinajstić information content (AvgIpc) is 2.53. The monoisotopic (exact) mass is 357 g/mol. The summed E-state index contributed by atoms with van der Waals surface area (Å²) in [5.41, 5.74) is 0. The lowest BCUT2D eigenvalue weighted by Crippen LogP contribution is -2.47. The summed E-state index contributed by atoms with van der Waals surface area (Å²) in [4.78, 5) is 13.8. The number of hydrogen-bond donors (Lipinski definition) is 0. The van der Waals surface area contributed by atoms with Crippen LogP contribution >= 0.6 is 0 Å². The molecule has 1 aliphatic rings. The molecule has 24 heavy (non-hydrogen) atoms. The summed E-state index contributed by atoms with van der Waals surface area (Å²) >= 11 is 0. The number of nitrogens with zero attached hydrogens (tertiary/aromatic N) is 1. The molecule has 0 N–H and O–H groups in total. The first-order valence-electron chi connectivity index (χ1n) is 8.16. The van der Waals surface area contributed by atoms with Gasteiger partial charge >= 0.3 is 0 Å². The topological polar surface area (TPSA) is 63.7 Å². The molecule has 0 spiro atoms. The summed E-state index contributed by atoms with van der Waals surface area (Å²) in [5, 5.41) is -0.522. The Bertz CT molecular complexity index is 675. The van der Waals surface area contributed by atoms with Gasteiger partial charge in [0.2, 0.25) is 0 Å². The quantitative estimate of drug-likeness (QED) is 0.783. The minimum atomic E-state index is -3.22. The van der Waals surface area contributed by atoms with Crippen LogP contribution in [0.4, 0.5) is 4.39 Å². The molecule has 0 radical (unpaired) electrons. The number of hydrogen-bond acceptors (Lipinski definition) is 4. The van der Waals surface area contributed by atoms with Crippen molar-refractivity contribution >= 4 is 15.7 Å². The number of amides is 1. The van der Waals surface area contributed by atoms with Gasteiger partial charge in [-0.1, -0.05) is 26.0 Å². The predicted octanol–water partition coefficient (Wildman–Crippen LogP) is 2.27. The molecular formula is C17H24FNO4S. The Hall–Kier alpha value is -1.63. The summed E-state index contributed by atoms with van der Waals surface area (Å²) in [6.45, 7) is 4.14. The van der Waals surface area contributed by atoms with E-state index in [2.05, 4.69) is 0 Å². The Morgan fingerprint density at radius 3 is 2.75 bits per heavy atom. The highest BCUT2D eigenvalue weighted by atomic mass is 32.2. The third-order valence-corrected chi connectivity index (χ3v) is 6.52. The van der Waals surface area contributed by atoms with E-state index in [0.29, 0.717) is 19.4 Å². The van der Waals surface area contributed by atoms with Crippen LogP contribution in [0.25, 0.3) is 0 Å². The van der Waals surface area contributed by atoms with Crippen LogP contribution in [0.15, 0.2) is 24.3 Å². The third-order valence-electron chi connectivity index (χ3n) is 3.99. The van der Waals surface area contributed by atoms with E-state index in [1.807, 2.05) is 13.8 Å². The first-order valence-corrected chi connectivity index (χ1v) is 9.88. The van der Waals surface area contributed by atoms with E-state index in [4.69, 9.17) is 4.74 Å². The van der Waals surface area contributed by atoms with Crippen LogP contribution < -0.4 is 4.74 Å². The van der Waals surface area contributed by atoms with Crippen molar-refractivity contribution in [1.82, 2.24) is 4.90 Å². The second-order valence-electron chi connectivity index (χ2n) is 6.55. The minimum Gasteiger partial charge on any atom is -0.481 e. The fraction of sp³-hybridized carbons (Fsp3) is 0.588. The molecule has 1 fully saturated rings. The summed E-state index contributed by atoms with van der Waals surface area (Å²) < 4.78 is 43.5. The Labute approximate surface area is 142 Å². The lowest BCUT2D eigenvalue weighted by molar-refractivity contribution is -0.134. The molecule has 1 aromatic rings. The van der Waals surface area contributed by atoms with E-state index in [9.17, 15) is 17.6 Å². The van der Waals surface area contributed by atoms with Crippen molar-refractivity contribution in [2.45, 2.75) is 31.9 Å². The number of carbonyl (C=O) groups is 1. The van der Waals surface area contributed by atoms with Crippen molar-refractivity contribution in [2.24, 2.45) is 5.92 Å². The molecule has 5 nitrogen and oxygen atoms in total. The molecule has 1 aromatic carbocycles. The maximum atomic E-state index is 13.5. The minimum absolute atomic E-state index is 0.0202. The molecule has 0 unspecified atom stereocenters. The molecule has 1 atom stereocenters. The van der Waals surface area contributed by atoms with Gasteiger partial charge in [-0.3, -0.25) is 4.79 Å². The standard InChI is InChI=1S/C17H24FNO4S/c1-13(2)12-24(21,22)14-6-5-9-19(10-14)17(20)11-23-16-8-4-3-7-15(16)18/h3-4,7-8,13-14H,5-6,9-12H2,1-2H3/t14-/m0/s1. The van der Waals surface area contributed by atoms with Crippen LogP contribution in [-0.2, 0) is 14.6 Å². The molecule has 7 heteroatoms. The largest absolute Gasteiger partial charge is 0.481 e. The highest BCUT2D eigenvalue weighted by Gasteiger charge is 2.33. The zero-order valence-electron chi connectivity index (χ0n) is 14.1. The lowest BCUT2D eigenvalue weighted by Gasteiger charge is -2.32. The molecule has 0 aliphatic carbocycles. The van der Waals surface area contributed by atoms with Crippen molar-refractivity contribution in [2.75, 3.05) is 25.4 Å². The smallest absolute Gasteiger partial charge is 0.260 e. The molecule has 0 bridgehead atoms. The van der Waals surface area contributed by atoms with Crippen LogP contribution in [0.2, 0.25) is 0 Å². The predicted molar refractivity (Wildman–Crippen MR) is 90.1 cm³/mol. The molecule has 2 rings (SSSR count). The number of sulfone groups is 1. The molecule has 1 heterocycles. The van der Waals surface area contributed by atoms with E-state index in [0.717, 1.165) is 0 Å². The van der Waals surface area contributed by atoms with E-state index in [1.165, 1.54) is 17.0 Å². The molecule has 1 saturated heterocycles. The Morgan fingerprint density at radius 1 is 1.38 bits per heavy atom. The molecule has 0 saturated carbocycles. The summed E-state index contributed by atoms with van der Waals surface area (Å²) in [6.07, 6.45) is 1.22. The molecule has 1 aliphatic heterocycles. The van der Waals surface area contributed by atoms with Crippen molar-refractivity contribution in [3.05, 3.63) is 30.1 Å². The van der Waals surface area contributed by atoms with Gasteiger partial charge in [-0.2, -0.15) is 0 Å². The van der Waals surface area contributed by atoms with Crippen LogP contribution in [-0.4, -0.2) is 49.9 Å². The normalized spacial score (nSPS) is 18.7. The molecule has 1 amide bonds.